The van der Waals surface area contributed by atoms with Gasteiger partial charge in [-0.2, -0.15) is 0 Å². The third-order valence-corrected chi connectivity index (χ3v) is 4.16. The molecule has 2 atom stereocenters. The largest absolute Gasteiger partial charge is 0.326 e. The predicted octanol–water partition coefficient (Wildman–Crippen LogP) is 3.07. The first-order chi connectivity index (χ1) is 8.13. The average Bonchev–Trinajstić information content (AvgIpc) is 2.30. The summed E-state index contributed by atoms with van der Waals surface area (Å²) in [5, 5.41) is 0. The molecule has 1 aromatic rings. The van der Waals surface area contributed by atoms with Crippen molar-refractivity contribution < 1.29 is 4.39 Å². The van der Waals surface area contributed by atoms with Crippen molar-refractivity contribution >= 4 is 15.9 Å². The Kier molecular flexibility index (Phi) is 4.17. The van der Waals surface area contributed by atoms with Crippen LogP contribution in [0.3, 0.4) is 0 Å². The molecule has 1 aromatic carbocycles. The zero-order chi connectivity index (χ0) is 12.4. The molecule has 4 heteroatoms. The number of piperidine rings is 1. The van der Waals surface area contributed by atoms with Gasteiger partial charge in [0.05, 0.1) is 6.04 Å². The fourth-order valence-corrected chi connectivity index (χ4v) is 3.21. The molecule has 1 aliphatic heterocycles. The van der Waals surface area contributed by atoms with E-state index in [4.69, 9.17) is 5.73 Å². The average molecular weight is 301 g/mol. The highest BCUT2D eigenvalue weighted by Gasteiger charge is 2.30. The molecule has 94 valence electrons. The minimum Gasteiger partial charge on any atom is -0.326 e. The van der Waals surface area contributed by atoms with Crippen LogP contribution in [0, 0.1) is 5.82 Å². The van der Waals surface area contributed by atoms with Crippen LogP contribution >= 0.6 is 15.9 Å². The maximum atomic E-state index is 13.1. The molecular formula is C13H18BrFN2. The summed E-state index contributed by atoms with van der Waals surface area (Å²) in [5.74, 6) is -0.215. The highest BCUT2D eigenvalue weighted by atomic mass is 79.9. The number of hydrogen-bond donors (Lipinski definition) is 1. The molecule has 2 unspecified atom stereocenters. The van der Waals surface area contributed by atoms with Gasteiger partial charge in [-0.15, -0.1) is 0 Å². The van der Waals surface area contributed by atoms with Crippen LogP contribution < -0.4 is 5.73 Å². The zero-order valence-corrected chi connectivity index (χ0v) is 11.6. The Morgan fingerprint density at radius 1 is 1.53 bits per heavy atom. The van der Waals surface area contributed by atoms with Gasteiger partial charge < -0.3 is 5.73 Å². The van der Waals surface area contributed by atoms with Gasteiger partial charge in [0, 0.05) is 10.5 Å². The minimum atomic E-state index is -0.215. The highest BCUT2D eigenvalue weighted by molar-refractivity contribution is 9.10. The van der Waals surface area contributed by atoms with E-state index in [-0.39, 0.29) is 17.9 Å². The van der Waals surface area contributed by atoms with Crippen molar-refractivity contribution in [3.05, 3.63) is 34.1 Å². The molecule has 17 heavy (non-hydrogen) atoms. The summed E-state index contributed by atoms with van der Waals surface area (Å²) in [6, 6.07) is 5.20. The Bertz CT molecular complexity index is 397. The molecule has 0 saturated carbocycles. The molecule has 0 spiro atoms. The van der Waals surface area contributed by atoms with Gasteiger partial charge in [-0.3, -0.25) is 4.90 Å². The Balaban J connectivity index is 2.34. The molecule has 1 heterocycles. The molecule has 2 N–H and O–H groups in total. The lowest BCUT2D eigenvalue weighted by Crippen LogP contribution is -2.45. The lowest BCUT2D eigenvalue weighted by atomic mass is 9.91. The number of hydrogen-bond acceptors (Lipinski definition) is 2. The first kappa shape index (κ1) is 13.0. The molecule has 0 amide bonds. The van der Waals surface area contributed by atoms with E-state index < -0.39 is 0 Å². The SMILES string of the molecule is CCN1CCCC(N)C1c1ccc(F)cc1Br. The maximum absolute atomic E-state index is 13.1. The van der Waals surface area contributed by atoms with E-state index in [9.17, 15) is 4.39 Å². The number of likely N-dealkylation sites (tertiary alicyclic amines) is 1. The minimum absolute atomic E-state index is 0.130. The van der Waals surface area contributed by atoms with E-state index in [1.165, 1.54) is 12.1 Å². The standard InChI is InChI=1S/C13H18BrFN2/c1-2-17-7-3-4-12(16)13(17)10-6-5-9(15)8-11(10)14/h5-6,8,12-13H,2-4,7,16H2,1H3. The quantitative estimate of drug-likeness (QED) is 0.909. The van der Waals surface area contributed by atoms with Crippen molar-refractivity contribution in [1.82, 2.24) is 4.90 Å². The lowest BCUT2D eigenvalue weighted by molar-refractivity contribution is 0.135. The molecule has 0 bridgehead atoms. The molecule has 0 aromatic heterocycles. The maximum Gasteiger partial charge on any atom is 0.124 e. The van der Waals surface area contributed by atoms with Crippen molar-refractivity contribution in [2.45, 2.75) is 31.8 Å². The van der Waals surface area contributed by atoms with E-state index in [0.29, 0.717) is 0 Å². The van der Waals surface area contributed by atoms with Gasteiger partial charge in [-0.25, -0.2) is 4.39 Å². The number of halogens is 2. The van der Waals surface area contributed by atoms with Crippen molar-refractivity contribution in [1.29, 1.82) is 0 Å². The molecular weight excluding hydrogens is 283 g/mol. The molecule has 1 aliphatic rings. The van der Waals surface area contributed by atoms with Crippen LogP contribution in [0.5, 0.6) is 0 Å². The van der Waals surface area contributed by atoms with Crippen LogP contribution in [0.4, 0.5) is 4.39 Å². The fraction of sp³-hybridized carbons (Fsp3) is 0.538. The van der Waals surface area contributed by atoms with Gasteiger partial charge in [0.25, 0.3) is 0 Å². The van der Waals surface area contributed by atoms with Gasteiger partial charge in [-0.1, -0.05) is 28.9 Å². The van der Waals surface area contributed by atoms with Crippen molar-refractivity contribution in [2.24, 2.45) is 5.73 Å². The summed E-state index contributed by atoms with van der Waals surface area (Å²) in [7, 11) is 0. The molecule has 2 rings (SSSR count). The number of likely N-dealkylation sites (N-methyl/N-ethyl adjacent to an activating group) is 1. The van der Waals surface area contributed by atoms with Crippen LogP contribution in [0.25, 0.3) is 0 Å². The molecule has 0 radical (unpaired) electrons. The number of nitrogens with zero attached hydrogens (tertiary/aromatic N) is 1. The summed E-state index contributed by atoms with van der Waals surface area (Å²) >= 11 is 3.44. The second-order valence-electron chi connectivity index (χ2n) is 4.55. The van der Waals surface area contributed by atoms with Gasteiger partial charge in [0.2, 0.25) is 0 Å². The molecule has 0 aliphatic carbocycles. The van der Waals surface area contributed by atoms with Crippen molar-refractivity contribution in [3.8, 4) is 0 Å². The summed E-state index contributed by atoms with van der Waals surface area (Å²) in [6.45, 7) is 4.18. The van der Waals surface area contributed by atoms with E-state index in [2.05, 4.69) is 27.8 Å². The third kappa shape index (κ3) is 2.69. The van der Waals surface area contributed by atoms with E-state index >= 15 is 0 Å². The summed E-state index contributed by atoms with van der Waals surface area (Å²) in [4.78, 5) is 2.37. The van der Waals surface area contributed by atoms with Crippen LogP contribution in [-0.4, -0.2) is 24.0 Å². The lowest BCUT2D eigenvalue weighted by Gasteiger charge is -2.40. The Morgan fingerprint density at radius 2 is 2.29 bits per heavy atom. The first-order valence-corrected chi connectivity index (χ1v) is 6.87. The second kappa shape index (κ2) is 5.46. The van der Waals surface area contributed by atoms with Crippen molar-refractivity contribution in [3.63, 3.8) is 0 Å². The summed E-state index contributed by atoms with van der Waals surface area (Å²) in [5.41, 5.74) is 7.33. The van der Waals surface area contributed by atoms with Gasteiger partial charge in [-0.05, 0) is 43.6 Å². The Labute approximate surface area is 110 Å². The van der Waals surface area contributed by atoms with E-state index in [1.807, 2.05) is 6.07 Å². The Morgan fingerprint density at radius 3 is 2.94 bits per heavy atom. The van der Waals surface area contributed by atoms with E-state index in [1.54, 1.807) is 0 Å². The van der Waals surface area contributed by atoms with Crippen LogP contribution in [-0.2, 0) is 0 Å². The van der Waals surface area contributed by atoms with Gasteiger partial charge in [0.15, 0.2) is 0 Å². The van der Waals surface area contributed by atoms with Crippen LogP contribution in [0.15, 0.2) is 22.7 Å². The highest BCUT2D eigenvalue weighted by Crippen LogP contribution is 2.34. The number of benzene rings is 1. The predicted molar refractivity (Wildman–Crippen MR) is 71.3 cm³/mol. The van der Waals surface area contributed by atoms with Crippen molar-refractivity contribution in [2.75, 3.05) is 13.1 Å². The molecule has 1 fully saturated rings. The summed E-state index contributed by atoms with van der Waals surface area (Å²) in [6.07, 6.45) is 2.18. The summed E-state index contributed by atoms with van der Waals surface area (Å²) < 4.78 is 13.9. The van der Waals surface area contributed by atoms with Gasteiger partial charge in [0.1, 0.15) is 5.82 Å². The normalized spacial score (nSPS) is 26.1. The second-order valence-corrected chi connectivity index (χ2v) is 5.40. The topological polar surface area (TPSA) is 29.3 Å². The van der Waals surface area contributed by atoms with Crippen LogP contribution in [0.2, 0.25) is 0 Å². The van der Waals surface area contributed by atoms with Crippen LogP contribution in [0.1, 0.15) is 31.4 Å². The van der Waals surface area contributed by atoms with Gasteiger partial charge >= 0.3 is 0 Å². The first-order valence-electron chi connectivity index (χ1n) is 6.08. The monoisotopic (exact) mass is 300 g/mol. The third-order valence-electron chi connectivity index (χ3n) is 3.47. The number of nitrogens with two attached hydrogens (primary N) is 1. The molecule has 1 saturated heterocycles. The zero-order valence-electron chi connectivity index (χ0n) is 10.00. The fourth-order valence-electron chi connectivity index (χ4n) is 2.62. The smallest absolute Gasteiger partial charge is 0.124 e. The van der Waals surface area contributed by atoms with E-state index in [0.717, 1.165) is 36.0 Å². The number of rotatable bonds is 2. The molecule has 2 nitrogen and oxygen atoms in total. The Hall–Kier alpha value is -0.450.